The molecule has 0 aliphatic carbocycles. The first-order valence-corrected chi connectivity index (χ1v) is 8.82. The molecule has 6 nitrogen and oxygen atoms in total. The molecule has 0 unspecified atom stereocenters. The van der Waals surface area contributed by atoms with Gasteiger partial charge in [0, 0.05) is 44.5 Å². The van der Waals surface area contributed by atoms with E-state index < -0.39 is 5.91 Å². The van der Waals surface area contributed by atoms with Crippen molar-refractivity contribution in [1.29, 1.82) is 0 Å². The number of nitrogens with zero attached hydrogens (tertiary/aromatic N) is 3. The van der Waals surface area contributed by atoms with Crippen molar-refractivity contribution in [1.82, 2.24) is 10.4 Å². The van der Waals surface area contributed by atoms with Crippen LogP contribution in [0.25, 0.3) is 0 Å². The van der Waals surface area contributed by atoms with Crippen molar-refractivity contribution >= 4 is 17.4 Å². The molecule has 27 heavy (non-hydrogen) atoms. The number of amidine groups is 1. The number of anilines is 1. The highest BCUT2D eigenvalue weighted by Crippen LogP contribution is 2.22. The SMILES string of the molecule is C=C.CCN=C1C(=C(C)C)C(NCc2cccc(N(C)C)c2)=CC(=O)N1O. The summed E-state index contributed by atoms with van der Waals surface area (Å²) in [6.07, 6.45) is 1.41. The zero-order valence-corrected chi connectivity index (χ0v) is 16.9. The van der Waals surface area contributed by atoms with E-state index in [1.807, 2.05) is 58.0 Å². The van der Waals surface area contributed by atoms with Crippen molar-refractivity contribution in [2.45, 2.75) is 27.3 Å². The first kappa shape index (κ1) is 22.2. The lowest BCUT2D eigenvalue weighted by Crippen LogP contribution is -2.41. The van der Waals surface area contributed by atoms with E-state index in [0.717, 1.165) is 22.4 Å². The predicted octanol–water partition coefficient (Wildman–Crippen LogP) is 3.51. The lowest BCUT2D eigenvalue weighted by molar-refractivity contribution is -0.143. The molecule has 1 aliphatic heterocycles. The van der Waals surface area contributed by atoms with Crippen molar-refractivity contribution in [3.63, 3.8) is 0 Å². The van der Waals surface area contributed by atoms with Crippen LogP contribution in [0.15, 0.2) is 65.3 Å². The van der Waals surface area contributed by atoms with Gasteiger partial charge >= 0.3 is 0 Å². The van der Waals surface area contributed by atoms with E-state index in [-0.39, 0.29) is 0 Å². The number of rotatable bonds is 5. The molecule has 1 heterocycles. The molecule has 0 atom stereocenters. The fraction of sp³-hybridized carbons (Fsp3) is 0.333. The third kappa shape index (κ3) is 5.56. The smallest absolute Gasteiger partial charge is 0.278 e. The number of aliphatic imine (C=N–C) groups is 1. The maximum atomic E-state index is 12.1. The van der Waals surface area contributed by atoms with Crippen LogP contribution >= 0.6 is 0 Å². The average Bonchev–Trinajstić information content (AvgIpc) is 2.65. The molecule has 0 aromatic heterocycles. The summed E-state index contributed by atoms with van der Waals surface area (Å²) in [6.45, 7) is 12.8. The Balaban J connectivity index is 0.00000176. The highest BCUT2D eigenvalue weighted by Gasteiger charge is 2.29. The minimum absolute atomic E-state index is 0.291. The number of amides is 1. The van der Waals surface area contributed by atoms with Gasteiger partial charge in [0.05, 0.1) is 5.70 Å². The van der Waals surface area contributed by atoms with Crippen LogP contribution in [0.3, 0.4) is 0 Å². The molecule has 2 N–H and O–H groups in total. The average molecular weight is 370 g/mol. The second-order valence-electron chi connectivity index (χ2n) is 6.30. The second-order valence-corrected chi connectivity index (χ2v) is 6.30. The molecule has 0 fully saturated rings. The molecule has 1 aromatic rings. The Morgan fingerprint density at radius 3 is 2.52 bits per heavy atom. The van der Waals surface area contributed by atoms with Crippen molar-refractivity contribution in [3.8, 4) is 0 Å². The number of nitrogens with one attached hydrogen (secondary N) is 1. The molecule has 146 valence electrons. The second kappa shape index (κ2) is 10.3. The normalized spacial score (nSPS) is 15.1. The maximum Gasteiger partial charge on any atom is 0.278 e. The summed E-state index contributed by atoms with van der Waals surface area (Å²) in [5.41, 5.74) is 4.63. The Labute approximate surface area is 162 Å². The van der Waals surface area contributed by atoms with Crippen molar-refractivity contribution in [3.05, 3.63) is 65.9 Å². The van der Waals surface area contributed by atoms with Crippen LogP contribution in [0.2, 0.25) is 0 Å². The number of allylic oxidation sites excluding steroid dienone is 1. The van der Waals surface area contributed by atoms with Crippen molar-refractivity contribution in [2.24, 2.45) is 4.99 Å². The van der Waals surface area contributed by atoms with Gasteiger partial charge in [0.15, 0.2) is 5.84 Å². The minimum Gasteiger partial charge on any atom is -0.380 e. The van der Waals surface area contributed by atoms with Gasteiger partial charge in [-0.05, 0) is 38.5 Å². The molecule has 6 heteroatoms. The van der Waals surface area contributed by atoms with Crippen LogP contribution in [0, 0.1) is 0 Å². The summed E-state index contributed by atoms with van der Waals surface area (Å²) in [6, 6.07) is 8.19. The molecule has 0 spiro atoms. The van der Waals surface area contributed by atoms with Gasteiger partial charge in [-0.25, -0.2) is 0 Å². The van der Waals surface area contributed by atoms with E-state index in [1.54, 1.807) is 0 Å². The minimum atomic E-state index is -0.498. The summed E-state index contributed by atoms with van der Waals surface area (Å²) in [5.74, 6) is -0.207. The number of carbonyl (C=O) groups is 1. The number of hydrogen-bond donors (Lipinski definition) is 2. The summed E-state index contributed by atoms with van der Waals surface area (Å²) in [7, 11) is 4.00. The number of carbonyl (C=O) groups excluding carboxylic acids is 1. The lowest BCUT2D eigenvalue weighted by Gasteiger charge is -2.27. The monoisotopic (exact) mass is 370 g/mol. The summed E-state index contributed by atoms with van der Waals surface area (Å²) < 4.78 is 0. The Hall–Kier alpha value is -2.86. The van der Waals surface area contributed by atoms with Crippen LogP contribution in [0.4, 0.5) is 5.69 Å². The maximum absolute atomic E-state index is 12.1. The molecule has 0 saturated carbocycles. The Morgan fingerprint density at radius 1 is 1.30 bits per heavy atom. The van der Waals surface area contributed by atoms with Crippen LogP contribution in [-0.2, 0) is 11.3 Å². The standard InChI is InChI=1S/C19H26N4O2.C2H4/c1-6-20-19-18(13(2)3)16(11-17(24)23(19)25)21-12-14-8-7-9-15(10-14)22(4)5;1-2/h7-11,21,25H,6,12H2,1-5H3;1-2H2. The van der Waals surface area contributed by atoms with E-state index in [2.05, 4.69) is 29.5 Å². The highest BCUT2D eigenvalue weighted by atomic mass is 16.5. The molecule has 1 aliphatic rings. The molecule has 0 radical (unpaired) electrons. The van der Waals surface area contributed by atoms with Crippen molar-refractivity contribution < 1.29 is 10.0 Å². The molecular formula is C21H30N4O2. The van der Waals surface area contributed by atoms with Gasteiger partial charge in [0.1, 0.15) is 0 Å². The molecule has 0 bridgehead atoms. The Morgan fingerprint density at radius 2 is 1.96 bits per heavy atom. The number of hydrogen-bond acceptors (Lipinski definition) is 5. The Kier molecular flexibility index (Phi) is 8.48. The topological polar surface area (TPSA) is 68.2 Å². The third-order valence-corrected chi connectivity index (χ3v) is 3.89. The van der Waals surface area contributed by atoms with E-state index in [9.17, 15) is 10.0 Å². The van der Waals surface area contributed by atoms with Crippen LogP contribution in [0.1, 0.15) is 26.3 Å². The van der Waals surface area contributed by atoms with E-state index >= 15 is 0 Å². The number of benzene rings is 1. The van der Waals surface area contributed by atoms with Gasteiger partial charge in [-0.3, -0.25) is 15.0 Å². The molecule has 1 aromatic carbocycles. The number of hydroxylamine groups is 2. The molecule has 1 amide bonds. The predicted molar refractivity (Wildman–Crippen MR) is 112 cm³/mol. The summed E-state index contributed by atoms with van der Waals surface area (Å²) in [5, 5.41) is 14.0. The zero-order chi connectivity index (χ0) is 20.6. The zero-order valence-electron chi connectivity index (χ0n) is 16.9. The van der Waals surface area contributed by atoms with Crippen molar-refractivity contribution in [2.75, 3.05) is 25.5 Å². The van der Waals surface area contributed by atoms with Gasteiger partial charge in [-0.15, -0.1) is 13.2 Å². The van der Waals surface area contributed by atoms with Gasteiger partial charge in [0.25, 0.3) is 5.91 Å². The van der Waals surface area contributed by atoms with Gasteiger partial charge in [-0.2, -0.15) is 5.06 Å². The van der Waals surface area contributed by atoms with Crippen LogP contribution in [0.5, 0.6) is 0 Å². The largest absolute Gasteiger partial charge is 0.380 e. The molecule has 2 rings (SSSR count). The first-order chi connectivity index (χ1) is 12.8. The fourth-order valence-corrected chi connectivity index (χ4v) is 2.66. The Bertz CT molecular complexity index is 759. The van der Waals surface area contributed by atoms with Crippen LogP contribution < -0.4 is 10.2 Å². The molecule has 0 saturated heterocycles. The quantitative estimate of drug-likeness (QED) is 0.615. The van der Waals surface area contributed by atoms with E-state index in [1.165, 1.54) is 6.08 Å². The summed E-state index contributed by atoms with van der Waals surface area (Å²) >= 11 is 0. The van der Waals surface area contributed by atoms with E-state index in [0.29, 0.717) is 29.7 Å². The van der Waals surface area contributed by atoms with Gasteiger partial charge < -0.3 is 10.2 Å². The fourth-order valence-electron chi connectivity index (χ4n) is 2.66. The summed E-state index contributed by atoms with van der Waals surface area (Å²) in [4.78, 5) is 18.4. The third-order valence-electron chi connectivity index (χ3n) is 3.89. The van der Waals surface area contributed by atoms with Gasteiger partial charge in [-0.1, -0.05) is 17.7 Å². The highest BCUT2D eigenvalue weighted by molar-refractivity contribution is 6.15. The van der Waals surface area contributed by atoms with Crippen LogP contribution in [-0.4, -0.2) is 42.7 Å². The molecular weight excluding hydrogens is 340 g/mol. The lowest BCUT2D eigenvalue weighted by atomic mass is 10.0. The van der Waals surface area contributed by atoms with E-state index in [4.69, 9.17) is 0 Å². The van der Waals surface area contributed by atoms with Gasteiger partial charge in [0.2, 0.25) is 0 Å². The first-order valence-electron chi connectivity index (χ1n) is 8.82.